The van der Waals surface area contributed by atoms with Crippen LogP contribution in [0.15, 0.2) is 36.4 Å². The molecule has 0 spiro atoms. The number of anilines is 1. The molecule has 0 unspecified atom stereocenters. The third-order valence-corrected chi connectivity index (χ3v) is 2.85. The molecule has 1 heterocycles. The summed E-state index contributed by atoms with van der Waals surface area (Å²) in [6.07, 6.45) is 0.480. The van der Waals surface area contributed by atoms with Gasteiger partial charge in [-0.2, -0.15) is 0 Å². The Morgan fingerprint density at radius 3 is 2.55 bits per heavy atom. The molecule has 2 rings (SSSR count). The highest BCUT2D eigenvalue weighted by molar-refractivity contribution is 7.80. The second kappa shape index (κ2) is 6.38. The van der Waals surface area contributed by atoms with Crippen LogP contribution in [0.2, 0.25) is 0 Å². The molecule has 0 atom stereocenters. The van der Waals surface area contributed by atoms with E-state index in [2.05, 4.69) is 10.3 Å². The number of benzene rings is 1. The summed E-state index contributed by atoms with van der Waals surface area (Å²) in [6.45, 7) is 0.497. The van der Waals surface area contributed by atoms with Crippen molar-refractivity contribution >= 4 is 23.0 Å². The number of aromatic nitrogens is 1. The molecule has 2 aromatic rings. The smallest absolute Gasteiger partial charge is 0.126 e. The fourth-order valence-electron chi connectivity index (χ4n) is 1.76. The number of pyridine rings is 1. The van der Waals surface area contributed by atoms with Crippen LogP contribution in [0.1, 0.15) is 11.3 Å². The number of nitrogens with two attached hydrogens (primary N) is 1. The Morgan fingerprint density at radius 2 is 1.90 bits per heavy atom. The SMILES string of the molecule is NC(=S)c1cccc(NCCc2cc(F)cc(F)c2)n1. The molecule has 0 amide bonds. The minimum atomic E-state index is -0.575. The van der Waals surface area contributed by atoms with Crippen molar-refractivity contribution in [1.29, 1.82) is 0 Å². The minimum Gasteiger partial charge on any atom is -0.388 e. The number of thiocarbonyl (C=S) groups is 1. The molecule has 0 aliphatic rings. The molecule has 0 fully saturated rings. The number of nitrogens with zero attached hydrogens (tertiary/aromatic N) is 1. The first-order valence-electron chi connectivity index (χ1n) is 6.00. The molecule has 3 N–H and O–H groups in total. The van der Waals surface area contributed by atoms with E-state index in [-0.39, 0.29) is 4.99 Å². The van der Waals surface area contributed by atoms with E-state index in [1.807, 2.05) is 0 Å². The molecule has 0 aliphatic carbocycles. The first kappa shape index (κ1) is 14.3. The van der Waals surface area contributed by atoms with Crippen molar-refractivity contribution in [3.05, 3.63) is 59.3 Å². The number of hydrogen-bond donors (Lipinski definition) is 2. The van der Waals surface area contributed by atoms with E-state index in [4.69, 9.17) is 18.0 Å². The molecule has 104 valence electrons. The Bertz CT molecular complexity index is 611. The molecule has 3 nitrogen and oxygen atoms in total. The highest BCUT2D eigenvalue weighted by atomic mass is 32.1. The van der Waals surface area contributed by atoms with Crippen LogP contribution in [0.4, 0.5) is 14.6 Å². The van der Waals surface area contributed by atoms with E-state index in [1.54, 1.807) is 18.2 Å². The van der Waals surface area contributed by atoms with Gasteiger partial charge in [0.1, 0.15) is 22.4 Å². The van der Waals surface area contributed by atoms with Gasteiger partial charge in [0.25, 0.3) is 0 Å². The van der Waals surface area contributed by atoms with Crippen LogP contribution in [-0.2, 0) is 6.42 Å². The van der Waals surface area contributed by atoms with Crippen molar-refractivity contribution in [2.45, 2.75) is 6.42 Å². The van der Waals surface area contributed by atoms with Gasteiger partial charge >= 0.3 is 0 Å². The normalized spacial score (nSPS) is 10.3. The maximum Gasteiger partial charge on any atom is 0.126 e. The van der Waals surface area contributed by atoms with Crippen LogP contribution in [0.25, 0.3) is 0 Å². The average Bonchev–Trinajstić information content (AvgIpc) is 2.38. The highest BCUT2D eigenvalue weighted by Crippen LogP contribution is 2.10. The van der Waals surface area contributed by atoms with E-state index < -0.39 is 11.6 Å². The summed E-state index contributed by atoms with van der Waals surface area (Å²) in [5.74, 6) is -0.533. The maximum atomic E-state index is 13.0. The fraction of sp³-hybridized carbons (Fsp3) is 0.143. The summed E-state index contributed by atoms with van der Waals surface area (Å²) < 4.78 is 26.0. The molecule has 0 radical (unpaired) electrons. The molecule has 0 saturated heterocycles. The predicted molar refractivity (Wildman–Crippen MR) is 78.7 cm³/mol. The number of hydrogen-bond acceptors (Lipinski definition) is 3. The van der Waals surface area contributed by atoms with Crippen LogP contribution < -0.4 is 11.1 Å². The van der Waals surface area contributed by atoms with Crippen molar-refractivity contribution in [1.82, 2.24) is 4.98 Å². The van der Waals surface area contributed by atoms with Gasteiger partial charge in [0.05, 0.1) is 5.69 Å². The van der Waals surface area contributed by atoms with E-state index in [9.17, 15) is 8.78 Å². The van der Waals surface area contributed by atoms with Crippen LogP contribution >= 0.6 is 12.2 Å². The number of nitrogens with one attached hydrogen (secondary N) is 1. The zero-order valence-electron chi connectivity index (χ0n) is 10.6. The van der Waals surface area contributed by atoms with Crippen molar-refractivity contribution in [3.8, 4) is 0 Å². The van der Waals surface area contributed by atoms with Crippen molar-refractivity contribution in [2.24, 2.45) is 5.73 Å². The lowest BCUT2D eigenvalue weighted by Gasteiger charge is -2.07. The first-order chi connectivity index (χ1) is 9.54. The zero-order chi connectivity index (χ0) is 14.5. The summed E-state index contributed by atoms with van der Waals surface area (Å²) in [4.78, 5) is 4.44. The Hall–Kier alpha value is -2.08. The lowest BCUT2D eigenvalue weighted by atomic mass is 10.1. The van der Waals surface area contributed by atoms with Gasteiger partial charge in [-0.05, 0) is 36.2 Å². The Kier molecular flexibility index (Phi) is 4.57. The average molecular weight is 293 g/mol. The minimum absolute atomic E-state index is 0.223. The molecule has 1 aromatic carbocycles. The Balaban J connectivity index is 1.95. The molecular formula is C14H13F2N3S. The van der Waals surface area contributed by atoms with E-state index in [1.165, 1.54) is 12.1 Å². The Morgan fingerprint density at radius 1 is 1.20 bits per heavy atom. The monoisotopic (exact) mass is 293 g/mol. The second-order valence-corrected chi connectivity index (χ2v) is 4.67. The largest absolute Gasteiger partial charge is 0.388 e. The van der Waals surface area contributed by atoms with Crippen LogP contribution in [0, 0.1) is 11.6 Å². The predicted octanol–water partition coefficient (Wildman–Crippen LogP) is 2.65. The highest BCUT2D eigenvalue weighted by Gasteiger charge is 2.02. The van der Waals surface area contributed by atoms with E-state index >= 15 is 0 Å². The van der Waals surface area contributed by atoms with Gasteiger partial charge in [0, 0.05) is 12.6 Å². The van der Waals surface area contributed by atoms with Crippen molar-refractivity contribution < 1.29 is 8.78 Å². The summed E-state index contributed by atoms with van der Waals surface area (Å²) in [6, 6.07) is 8.74. The Labute approximate surface area is 120 Å². The van der Waals surface area contributed by atoms with E-state index in [0.29, 0.717) is 30.0 Å². The van der Waals surface area contributed by atoms with Crippen molar-refractivity contribution in [3.63, 3.8) is 0 Å². The fourth-order valence-corrected chi connectivity index (χ4v) is 1.87. The standard InChI is InChI=1S/C14H13F2N3S/c15-10-6-9(7-11(16)8-10)4-5-18-13-3-1-2-12(19-13)14(17)20/h1-3,6-8H,4-5H2,(H2,17,20)(H,18,19). The lowest BCUT2D eigenvalue weighted by Crippen LogP contribution is -2.13. The number of rotatable bonds is 5. The van der Waals surface area contributed by atoms with E-state index in [0.717, 1.165) is 6.07 Å². The molecule has 20 heavy (non-hydrogen) atoms. The molecule has 0 bridgehead atoms. The first-order valence-corrected chi connectivity index (χ1v) is 6.41. The van der Waals surface area contributed by atoms with Crippen LogP contribution in [-0.4, -0.2) is 16.5 Å². The molecule has 6 heteroatoms. The molecule has 1 aromatic heterocycles. The molecular weight excluding hydrogens is 280 g/mol. The van der Waals surface area contributed by atoms with Gasteiger partial charge in [-0.3, -0.25) is 0 Å². The quantitative estimate of drug-likeness (QED) is 0.832. The molecule has 0 saturated carbocycles. The third-order valence-electron chi connectivity index (χ3n) is 2.64. The summed E-state index contributed by atoms with van der Waals surface area (Å²) in [5.41, 5.74) is 6.61. The summed E-state index contributed by atoms with van der Waals surface area (Å²) in [5, 5.41) is 3.06. The molecule has 0 aliphatic heterocycles. The number of halogens is 2. The van der Waals surface area contributed by atoms with Gasteiger partial charge < -0.3 is 11.1 Å². The zero-order valence-corrected chi connectivity index (χ0v) is 11.4. The lowest BCUT2D eigenvalue weighted by molar-refractivity contribution is 0.580. The third kappa shape index (κ3) is 3.96. The van der Waals surface area contributed by atoms with Crippen molar-refractivity contribution in [2.75, 3.05) is 11.9 Å². The van der Waals surface area contributed by atoms with Gasteiger partial charge in [-0.1, -0.05) is 18.3 Å². The topological polar surface area (TPSA) is 50.9 Å². The second-order valence-electron chi connectivity index (χ2n) is 4.23. The van der Waals surface area contributed by atoms with Gasteiger partial charge in [-0.25, -0.2) is 13.8 Å². The van der Waals surface area contributed by atoms with Crippen LogP contribution in [0.3, 0.4) is 0 Å². The van der Waals surface area contributed by atoms with Gasteiger partial charge in [0.15, 0.2) is 0 Å². The summed E-state index contributed by atoms with van der Waals surface area (Å²) >= 11 is 4.84. The summed E-state index contributed by atoms with van der Waals surface area (Å²) in [7, 11) is 0. The van der Waals surface area contributed by atoms with Crippen LogP contribution in [0.5, 0.6) is 0 Å². The van der Waals surface area contributed by atoms with Gasteiger partial charge in [-0.15, -0.1) is 0 Å². The van der Waals surface area contributed by atoms with Gasteiger partial charge in [0.2, 0.25) is 0 Å². The maximum absolute atomic E-state index is 13.0.